The van der Waals surface area contributed by atoms with Gasteiger partial charge in [-0.15, -0.1) is 0 Å². The van der Waals surface area contributed by atoms with Crippen LogP contribution in [-0.4, -0.2) is 16.9 Å². The Hall–Kier alpha value is -4.53. The van der Waals surface area contributed by atoms with Crippen molar-refractivity contribution < 1.29 is 27.9 Å². The molecular formula is C23H14F2N2O5. The predicted molar refractivity (Wildman–Crippen MR) is 113 cm³/mol. The van der Waals surface area contributed by atoms with Crippen LogP contribution in [0.25, 0.3) is 11.0 Å². The minimum Gasteiger partial charge on any atom is -0.507 e. The Morgan fingerprint density at radius 1 is 0.781 bits per heavy atom. The first-order chi connectivity index (χ1) is 15.3. The van der Waals surface area contributed by atoms with Gasteiger partial charge in [-0.2, -0.15) is 0 Å². The number of rotatable bonds is 4. The lowest BCUT2D eigenvalue weighted by molar-refractivity contribution is 0.101. The highest BCUT2D eigenvalue weighted by atomic mass is 19.1. The molecule has 4 aromatic rings. The van der Waals surface area contributed by atoms with E-state index in [1.807, 2.05) is 0 Å². The van der Waals surface area contributed by atoms with Crippen LogP contribution in [0.2, 0.25) is 0 Å². The van der Waals surface area contributed by atoms with Gasteiger partial charge in [0.15, 0.2) is 0 Å². The van der Waals surface area contributed by atoms with Crippen LogP contribution in [0.1, 0.15) is 20.7 Å². The number of hydrogen-bond donors (Lipinski definition) is 3. The van der Waals surface area contributed by atoms with E-state index in [9.17, 15) is 28.3 Å². The largest absolute Gasteiger partial charge is 0.507 e. The number of phenols is 1. The average Bonchev–Trinajstić information content (AvgIpc) is 2.73. The van der Waals surface area contributed by atoms with E-state index in [1.54, 1.807) is 12.1 Å². The van der Waals surface area contributed by atoms with Crippen molar-refractivity contribution in [1.29, 1.82) is 0 Å². The van der Waals surface area contributed by atoms with Gasteiger partial charge in [0.25, 0.3) is 11.8 Å². The molecule has 2 amide bonds. The second kappa shape index (κ2) is 8.31. The highest BCUT2D eigenvalue weighted by Crippen LogP contribution is 2.25. The molecule has 0 bridgehead atoms. The maximum atomic E-state index is 13.3. The molecule has 32 heavy (non-hydrogen) atoms. The summed E-state index contributed by atoms with van der Waals surface area (Å²) in [5.41, 5.74) is 0.0803. The maximum absolute atomic E-state index is 13.3. The number of aromatic hydroxyl groups is 1. The molecule has 4 rings (SSSR count). The second-order valence-corrected chi connectivity index (χ2v) is 6.81. The molecule has 0 radical (unpaired) electrons. The van der Waals surface area contributed by atoms with E-state index in [-0.39, 0.29) is 16.8 Å². The summed E-state index contributed by atoms with van der Waals surface area (Å²) < 4.78 is 31.6. The average molecular weight is 436 g/mol. The van der Waals surface area contributed by atoms with Gasteiger partial charge in [-0.05, 0) is 48.5 Å². The van der Waals surface area contributed by atoms with Crippen LogP contribution >= 0.6 is 0 Å². The van der Waals surface area contributed by atoms with Crippen molar-refractivity contribution in [3.05, 3.63) is 99.9 Å². The molecule has 0 saturated carbocycles. The number of benzene rings is 3. The quantitative estimate of drug-likeness (QED) is 0.414. The van der Waals surface area contributed by atoms with E-state index in [1.165, 1.54) is 30.3 Å². The topological polar surface area (TPSA) is 109 Å². The fourth-order valence-corrected chi connectivity index (χ4v) is 3.04. The lowest BCUT2D eigenvalue weighted by atomic mass is 10.1. The highest BCUT2D eigenvalue weighted by Gasteiger charge is 2.15. The van der Waals surface area contributed by atoms with Crippen molar-refractivity contribution in [2.45, 2.75) is 0 Å². The number of amides is 2. The second-order valence-electron chi connectivity index (χ2n) is 6.81. The Morgan fingerprint density at radius 3 is 2.16 bits per heavy atom. The maximum Gasteiger partial charge on any atom is 0.336 e. The molecule has 7 nitrogen and oxygen atoms in total. The lowest BCUT2D eigenvalue weighted by Crippen LogP contribution is -2.14. The molecule has 1 heterocycles. The minimum atomic E-state index is -0.902. The summed E-state index contributed by atoms with van der Waals surface area (Å²) in [4.78, 5) is 36.0. The first-order valence-electron chi connectivity index (χ1n) is 9.24. The first kappa shape index (κ1) is 20.7. The van der Waals surface area contributed by atoms with Crippen LogP contribution in [-0.2, 0) is 0 Å². The molecule has 0 aliphatic heterocycles. The Balaban J connectivity index is 1.50. The summed E-state index contributed by atoms with van der Waals surface area (Å²) in [5.74, 6) is -3.63. The van der Waals surface area contributed by atoms with Crippen molar-refractivity contribution in [3.63, 3.8) is 0 Å². The van der Waals surface area contributed by atoms with Gasteiger partial charge < -0.3 is 20.2 Å². The molecule has 3 aromatic carbocycles. The van der Waals surface area contributed by atoms with Crippen LogP contribution in [0.15, 0.2) is 75.9 Å². The number of phenolic OH excluding ortho intramolecular Hbond substituents is 1. The summed E-state index contributed by atoms with van der Waals surface area (Å²) in [6, 6.07) is 13.6. The van der Waals surface area contributed by atoms with Gasteiger partial charge in [-0.3, -0.25) is 9.59 Å². The number of halogens is 2. The number of fused-ring (bicyclic) bond motifs is 1. The molecule has 1 aromatic heterocycles. The first-order valence-corrected chi connectivity index (χ1v) is 9.24. The Kier molecular flexibility index (Phi) is 5.38. The number of hydrogen-bond acceptors (Lipinski definition) is 5. The van der Waals surface area contributed by atoms with Crippen LogP contribution in [0.4, 0.5) is 20.2 Å². The van der Waals surface area contributed by atoms with E-state index in [2.05, 4.69) is 10.6 Å². The van der Waals surface area contributed by atoms with Crippen LogP contribution < -0.4 is 16.3 Å². The Labute approximate surface area is 178 Å². The van der Waals surface area contributed by atoms with E-state index in [0.29, 0.717) is 22.7 Å². The van der Waals surface area contributed by atoms with Gasteiger partial charge in [-0.1, -0.05) is 0 Å². The monoisotopic (exact) mass is 436 g/mol. The highest BCUT2D eigenvalue weighted by molar-refractivity contribution is 6.08. The molecule has 0 spiro atoms. The molecule has 3 N–H and O–H groups in total. The van der Waals surface area contributed by atoms with Crippen LogP contribution in [0.3, 0.4) is 0 Å². The zero-order valence-corrected chi connectivity index (χ0v) is 16.2. The summed E-state index contributed by atoms with van der Waals surface area (Å²) in [6.45, 7) is 0. The molecule has 0 unspecified atom stereocenters. The summed E-state index contributed by atoms with van der Waals surface area (Å²) in [6.07, 6.45) is 0. The normalized spacial score (nSPS) is 10.7. The number of nitrogens with one attached hydrogen (secondary N) is 2. The van der Waals surface area contributed by atoms with Gasteiger partial charge in [0, 0.05) is 40.5 Å². The minimum absolute atomic E-state index is 0.0699. The third-order valence-electron chi connectivity index (χ3n) is 4.50. The van der Waals surface area contributed by atoms with Gasteiger partial charge in [0.1, 0.15) is 23.0 Å². The Bertz CT molecular complexity index is 1410. The fourth-order valence-electron chi connectivity index (χ4n) is 3.04. The molecule has 0 atom stereocenters. The molecule has 0 fully saturated rings. The van der Waals surface area contributed by atoms with Gasteiger partial charge >= 0.3 is 5.63 Å². The van der Waals surface area contributed by atoms with E-state index < -0.39 is 34.8 Å². The van der Waals surface area contributed by atoms with Crippen molar-refractivity contribution in [3.8, 4) is 5.75 Å². The molecule has 0 saturated heterocycles. The smallest absolute Gasteiger partial charge is 0.336 e. The van der Waals surface area contributed by atoms with Crippen molar-refractivity contribution in [2.24, 2.45) is 0 Å². The fraction of sp³-hybridized carbons (Fsp3) is 0. The Morgan fingerprint density at radius 2 is 1.44 bits per heavy atom. The molecular weight excluding hydrogens is 422 g/mol. The van der Waals surface area contributed by atoms with Gasteiger partial charge in [0.05, 0.1) is 5.56 Å². The lowest BCUT2D eigenvalue weighted by Gasteiger charge is -2.10. The molecule has 0 aliphatic carbocycles. The third-order valence-corrected chi connectivity index (χ3v) is 4.50. The number of anilines is 2. The predicted octanol–water partition coefficient (Wildman–Crippen LogP) is 4.28. The zero-order chi connectivity index (χ0) is 22.8. The molecule has 160 valence electrons. The standard InChI is InChI=1S/C23H14F2N2O5/c24-14-7-13(8-15(25)10-14)22(30)26-17-2-4-18(19(28)11-17)23(31)27-16-3-5-20-12(9-16)1-6-21(29)32-20/h1-11,28H,(H,26,30)(H,27,31). The van der Waals surface area contributed by atoms with Gasteiger partial charge in [0.2, 0.25) is 0 Å². The van der Waals surface area contributed by atoms with Crippen LogP contribution in [0.5, 0.6) is 5.75 Å². The zero-order valence-electron chi connectivity index (χ0n) is 16.2. The van der Waals surface area contributed by atoms with Crippen molar-refractivity contribution >= 4 is 34.2 Å². The number of carbonyl (C=O) groups is 2. The van der Waals surface area contributed by atoms with Crippen LogP contribution in [0, 0.1) is 11.6 Å². The van der Waals surface area contributed by atoms with E-state index in [4.69, 9.17) is 4.42 Å². The van der Waals surface area contributed by atoms with E-state index in [0.717, 1.165) is 18.2 Å². The van der Waals surface area contributed by atoms with Gasteiger partial charge in [-0.25, -0.2) is 13.6 Å². The SMILES string of the molecule is O=C(Nc1ccc(C(=O)Nc2ccc3oc(=O)ccc3c2)c(O)c1)c1cc(F)cc(F)c1. The van der Waals surface area contributed by atoms with Crippen molar-refractivity contribution in [2.75, 3.05) is 10.6 Å². The van der Waals surface area contributed by atoms with Crippen molar-refractivity contribution in [1.82, 2.24) is 0 Å². The molecule has 0 aliphatic rings. The summed E-state index contributed by atoms with van der Waals surface area (Å²) >= 11 is 0. The third kappa shape index (κ3) is 4.46. The summed E-state index contributed by atoms with van der Waals surface area (Å²) in [5, 5.41) is 15.8. The van der Waals surface area contributed by atoms with E-state index >= 15 is 0 Å². The molecule has 9 heteroatoms. The summed E-state index contributed by atoms with van der Waals surface area (Å²) in [7, 11) is 0. The number of carbonyl (C=O) groups excluding carboxylic acids is 2.